The van der Waals surface area contributed by atoms with Gasteiger partial charge in [-0.15, -0.1) is 0 Å². The fourth-order valence-electron chi connectivity index (χ4n) is 3.28. The van der Waals surface area contributed by atoms with E-state index in [0.717, 1.165) is 0 Å². The number of para-hydroxylation sites is 1. The molecular formula is C26H27N3O6. The Morgan fingerprint density at radius 1 is 0.914 bits per heavy atom. The first kappa shape index (κ1) is 25.1. The average Bonchev–Trinajstić information content (AvgIpc) is 2.85. The maximum Gasteiger partial charge on any atom is 0.340 e. The van der Waals surface area contributed by atoms with Gasteiger partial charge in [0.2, 0.25) is 5.91 Å². The number of amides is 3. The minimum absolute atomic E-state index is 0.0611. The van der Waals surface area contributed by atoms with Gasteiger partial charge in [-0.3, -0.25) is 4.79 Å². The van der Waals surface area contributed by atoms with E-state index >= 15 is 0 Å². The Hall–Kier alpha value is -4.53. The summed E-state index contributed by atoms with van der Waals surface area (Å²) in [5, 5.41) is 18.3. The Bertz CT molecular complexity index is 1200. The number of nitrogens with one attached hydrogen (secondary N) is 3. The van der Waals surface area contributed by atoms with Gasteiger partial charge >= 0.3 is 12.0 Å². The van der Waals surface area contributed by atoms with E-state index in [4.69, 9.17) is 9.47 Å². The number of ether oxygens (including phenoxy) is 2. The number of esters is 1. The van der Waals surface area contributed by atoms with Crippen LogP contribution in [0.15, 0.2) is 66.7 Å². The maximum atomic E-state index is 12.9. The van der Waals surface area contributed by atoms with Crippen LogP contribution < -0.4 is 20.7 Å². The van der Waals surface area contributed by atoms with E-state index in [-0.39, 0.29) is 35.4 Å². The summed E-state index contributed by atoms with van der Waals surface area (Å²) in [5.41, 5.74) is 2.07. The predicted octanol–water partition coefficient (Wildman–Crippen LogP) is 4.96. The number of hydrogen-bond acceptors (Lipinski definition) is 6. The zero-order valence-electron chi connectivity index (χ0n) is 19.6. The third-order valence-electron chi connectivity index (χ3n) is 5.17. The fourth-order valence-corrected chi connectivity index (χ4v) is 3.28. The molecule has 0 fully saturated rings. The monoisotopic (exact) mass is 477 g/mol. The summed E-state index contributed by atoms with van der Waals surface area (Å²) in [6.45, 7) is 3.52. The predicted molar refractivity (Wildman–Crippen MR) is 133 cm³/mol. The van der Waals surface area contributed by atoms with Crippen LogP contribution in [0.3, 0.4) is 0 Å². The number of urea groups is 1. The lowest BCUT2D eigenvalue weighted by Gasteiger charge is -2.17. The molecule has 9 nitrogen and oxygen atoms in total. The van der Waals surface area contributed by atoms with E-state index in [1.807, 2.05) is 18.2 Å². The van der Waals surface area contributed by atoms with Gasteiger partial charge in [0.15, 0.2) is 11.5 Å². The topological polar surface area (TPSA) is 126 Å². The zero-order valence-corrected chi connectivity index (χ0v) is 19.6. The molecule has 3 amide bonds. The third-order valence-corrected chi connectivity index (χ3v) is 5.17. The summed E-state index contributed by atoms with van der Waals surface area (Å²) in [5.74, 6) is -1.80. The van der Waals surface area contributed by atoms with Crippen molar-refractivity contribution in [3.63, 3.8) is 0 Å². The number of phenolic OH excluding ortho intramolecular Hbond substituents is 1. The Labute approximate surface area is 203 Å². The Morgan fingerprint density at radius 2 is 1.54 bits per heavy atom. The van der Waals surface area contributed by atoms with Crippen LogP contribution in [-0.2, 0) is 9.53 Å². The van der Waals surface area contributed by atoms with E-state index in [1.54, 1.807) is 50.2 Å². The summed E-state index contributed by atoms with van der Waals surface area (Å²) < 4.78 is 10.1. The van der Waals surface area contributed by atoms with Crippen molar-refractivity contribution in [1.29, 1.82) is 0 Å². The Balaban J connectivity index is 1.69. The van der Waals surface area contributed by atoms with E-state index in [1.165, 1.54) is 19.2 Å². The molecule has 0 saturated carbocycles. The SMILES string of the molecule is CCOC(=O)c1cc(OC)c(O)cc1NC(=O)C(C)c1ccc(NC(=O)Nc2ccccc2)cc1. The first-order valence-corrected chi connectivity index (χ1v) is 10.9. The Kier molecular flexibility index (Phi) is 8.29. The molecule has 0 bridgehead atoms. The molecule has 3 rings (SSSR count). The van der Waals surface area contributed by atoms with Crippen molar-refractivity contribution in [2.45, 2.75) is 19.8 Å². The van der Waals surface area contributed by atoms with Crippen LogP contribution >= 0.6 is 0 Å². The van der Waals surface area contributed by atoms with E-state index in [2.05, 4.69) is 16.0 Å². The first-order chi connectivity index (χ1) is 16.8. The molecule has 9 heteroatoms. The maximum absolute atomic E-state index is 12.9. The van der Waals surface area contributed by atoms with Crippen LogP contribution in [0.2, 0.25) is 0 Å². The third kappa shape index (κ3) is 6.50. The number of methoxy groups -OCH3 is 1. The molecule has 0 radical (unpaired) electrons. The van der Waals surface area contributed by atoms with Gasteiger partial charge in [0.1, 0.15) is 0 Å². The highest BCUT2D eigenvalue weighted by Crippen LogP contribution is 2.33. The minimum Gasteiger partial charge on any atom is -0.504 e. The number of carbonyl (C=O) groups is 3. The van der Waals surface area contributed by atoms with Gasteiger partial charge in [-0.05, 0) is 43.7 Å². The summed E-state index contributed by atoms with van der Waals surface area (Å²) in [6.07, 6.45) is 0. The molecule has 4 N–H and O–H groups in total. The fraction of sp³-hybridized carbons (Fsp3) is 0.192. The van der Waals surface area contributed by atoms with Crippen LogP contribution in [-0.4, -0.2) is 36.7 Å². The summed E-state index contributed by atoms with van der Waals surface area (Å²) in [6, 6.07) is 18.0. The molecule has 0 spiro atoms. The van der Waals surface area contributed by atoms with E-state index < -0.39 is 17.8 Å². The summed E-state index contributed by atoms with van der Waals surface area (Å²) in [4.78, 5) is 37.4. The van der Waals surface area contributed by atoms with Gasteiger partial charge in [-0.2, -0.15) is 0 Å². The largest absolute Gasteiger partial charge is 0.504 e. The normalized spacial score (nSPS) is 11.2. The molecule has 0 aliphatic rings. The molecule has 0 saturated heterocycles. The van der Waals surface area contributed by atoms with Gasteiger partial charge in [0.25, 0.3) is 0 Å². The number of phenols is 1. The highest BCUT2D eigenvalue weighted by atomic mass is 16.5. The van der Waals surface area contributed by atoms with Crippen LogP contribution in [0, 0.1) is 0 Å². The molecule has 0 aliphatic heterocycles. The standard InChI is InChI=1S/C26H27N3O6/c1-4-35-25(32)20-14-23(34-3)22(30)15-21(20)29-24(31)16(2)17-10-12-19(13-11-17)28-26(33)27-18-8-6-5-7-9-18/h5-16,30H,4H2,1-3H3,(H,29,31)(H2,27,28,33). The highest BCUT2D eigenvalue weighted by Gasteiger charge is 2.22. The average molecular weight is 478 g/mol. The van der Waals surface area contributed by atoms with Crippen LogP contribution in [0.1, 0.15) is 35.7 Å². The number of anilines is 3. The second-order valence-corrected chi connectivity index (χ2v) is 7.57. The molecule has 0 aromatic heterocycles. The lowest BCUT2D eigenvalue weighted by molar-refractivity contribution is -0.117. The van der Waals surface area contributed by atoms with Gasteiger partial charge < -0.3 is 30.5 Å². The van der Waals surface area contributed by atoms with Crippen molar-refractivity contribution in [2.75, 3.05) is 29.7 Å². The van der Waals surface area contributed by atoms with Crippen molar-refractivity contribution in [3.05, 3.63) is 77.9 Å². The molecule has 0 aliphatic carbocycles. The van der Waals surface area contributed by atoms with Crippen LogP contribution in [0.5, 0.6) is 11.5 Å². The number of aromatic hydroxyl groups is 1. The van der Waals surface area contributed by atoms with Crippen molar-refractivity contribution in [2.24, 2.45) is 0 Å². The van der Waals surface area contributed by atoms with Crippen molar-refractivity contribution in [3.8, 4) is 11.5 Å². The quantitative estimate of drug-likeness (QED) is 0.340. The second kappa shape index (κ2) is 11.6. The smallest absolute Gasteiger partial charge is 0.340 e. The number of hydrogen-bond donors (Lipinski definition) is 4. The molecular weight excluding hydrogens is 450 g/mol. The van der Waals surface area contributed by atoms with E-state index in [0.29, 0.717) is 16.9 Å². The van der Waals surface area contributed by atoms with Crippen molar-refractivity contribution < 1.29 is 29.0 Å². The van der Waals surface area contributed by atoms with E-state index in [9.17, 15) is 19.5 Å². The van der Waals surface area contributed by atoms with Gasteiger partial charge in [-0.25, -0.2) is 9.59 Å². The van der Waals surface area contributed by atoms with Crippen molar-refractivity contribution >= 4 is 35.0 Å². The summed E-state index contributed by atoms with van der Waals surface area (Å²) in [7, 11) is 1.36. The number of rotatable bonds is 8. The molecule has 3 aromatic rings. The lowest BCUT2D eigenvalue weighted by Crippen LogP contribution is -2.21. The second-order valence-electron chi connectivity index (χ2n) is 7.57. The summed E-state index contributed by atoms with van der Waals surface area (Å²) >= 11 is 0. The molecule has 1 atom stereocenters. The minimum atomic E-state index is -0.655. The highest BCUT2D eigenvalue weighted by molar-refractivity contribution is 6.04. The molecule has 1 unspecified atom stereocenters. The number of carbonyl (C=O) groups excluding carboxylic acids is 3. The van der Waals surface area contributed by atoms with Crippen molar-refractivity contribution in [1.82, 2.24) is 0 Å². The lowest BCUT2D eigenvalue weighted by atomic mass is 9.99. The molecule has 182 valence electrons. The Morgan fingerprint density at radius 3 is 2.14 bits per heavy atom. The zero-order chi connectivity index (χ0) is 25.4. The first-order valence-electron chi connectivity index (χ1n) is 10.9. The van der Waals surface area contributed by atoms with Crippen LogP contribution in [0.4, 0.5) is 21.9 Å². The molecule has 3 aromatic carbocycles. The van der Waals surface area contributed by atoms with Crippen LogP contribution in [0.25, 0.3) is 0 Å². The van der Waals surface area contributed by atoms with Gasteiger partial charge in [0, 0.05) is 23.5 Å². The van der Waals surface area contributed by atoms with Gasteiger partial charge in [-0.1, -0.05) is 30.3 Å². The van der Waals surface area contributed by atoms with Gasteiger partial charge in [0.05, 0.1) is 30.9 Å². The number of benzene rings is 3. The molecule has 35 heavy (non-hydrogen) atoms. The molecule has 0 heterocycles.